The van der Waals surface area contributed by atoms with E-state index in [9.17, 15) is 40.8 Å². The zero-order valence-corrected chi connectivity index (χ0v) is 33.7. The van der Waals surface area contributed by atoms with Gasteiger partial charge >= 0.3 is 0 Å². The molecule has 0 unspecified atom stereocenters. The van der Waals surface area contributed by atoms with E-state index in [1.165, 1.54) is 35.9 Å². The molecule has 0 aliphatic carbocycles. The van der Waals surface area contributed by atoms with Crippen LogP contribution in [0.25, 0.3) is 5.69 Å². The lowest BCUT2D eigenvalue weighted by atomic mass is 9.90. The van der Waals surface area contributed by atoms with E-state index in [0.717, 1.165) is 12.1 Å². The smallest absolute Gasteiger partial charge is 0.294 e. The van der Waals surface area contributed by atoms with Crippen LogP contribution in [0.1, 0.15) is 68.2 Å². The Hall–Kier alpha value is -4.90. The number of benzene rings is 3. The SMILES string of the molecule is CCN(CCCS(=O)(=O)O)c1cc(NC(C)=O)c(/N=N/c2c(C#N)c(C(C)(C)C)nn2-c2c(Cl)cc(NC(=O)c3cccc(S(=O)(=O)O)c3)cc2Cl)cc1C. The highest BCUT2D eigenvalue weighted by molar-refractivity contribution is 7.86. The molecule has 0 spiro atoms. The number of rotatable bonds is 13. The van der Waals surface area contributed by atoms with Crippen molar-refractivity contribution in [2.24, 2.45) is 10.2 Å². The summed E-state index contributed by atoms with van der Waals surface area (Å²) in [6.45, 7) is 11.3. The number of amides is 2. The number of halogens is 2. The molecular weight excluding hydrogens is 795 g/mol. The molecule has 20 heteroatoms. The lowest BCUT2D eigenvalue weighted by molar-refractivity contribution is -0.114. The van der Waals surface area contributed by atoms with Crippen LogP contribution in [0.4, 0.5) is 28.6 Å². The number of nitrogens with one attached hydrogen (secondary N) is 2. The van der Waals surface area contributed by atoms with Crippen molar-refractivity contribution in [3.8, 4) is 11.8 Å². The largest absolute Gasteiger partial charge is 0.372 e. The Morgan fingerprint density at radius 3 is 2.22 bits per heavy atom. The number of azo groups is 1. The van der Waals surface area contributed by atoms with E-state index in [1.54, 1.807) is 19.1 Å². The van der Waals surface area contributed by atoms with E-state index >= 15 is 0 Å². The molecule has 0 saturated heterocycles. The van der Waals surface area contributed by atoms with Crippen LogP contribution >= 0.6 is 23.2 Å². The molecule has 292 valence electrons. The van der Waals surface area contributed by atoms with Crippen molar-refractivity contribution in [2.75, 3.05) is 34.4 Å². The van der Waals surface area contributed by atoms with Crippen LogP contribution in [0.3, 0.4) is 0 Å². The molecule has 0 aliphatic heterocycles. The number of aryl methyl sites for hydroxylation is 1. The average molecular weight is 834 g/mol. The molecule has 4 rings (SSSR count). The molecule has 0 saturated carbocycles. The average Bonchev–Trinajstić information content (AvgIpc) is 3.44. The fraction of sp³-hybridized carbons (Fsp3) is 0.314. The maximum absolute atomic E-state index is 13.0. The second-order valence-corrected chi connectivity index (χ2v) is 17.1. The van der Waals surface area contributed by atoms with Crippen molar-refractivity contribution in [1.29, 1.82) is 5.26 Å². The van der Waals surface area contributed by atoms with Gasteiger partial charge in [0.2, 0.25) is 5.91 Å². The Balaban J connectivity index is 1.81. The minimum Gasteiger partial charge on any atom is -0.372 e. The molecule has 0 radical (unpaired) electrons. The van der Waals surface area contributed by atoms with Gasteiger partial charge in [0.25, 0.3) is 26.1 Å². The summed E-state index contributed by atoms with van der Waals surface area (Å²) in [5, 5.41) is 29.2. The van der Waals surface area contributed by atoms with Crippen molar-refractivity contribution in [3.05, 3.63) is 81.0 Å². The second-order valence-electron chi connectivity index (χ2n) is 13.3. The Kier molecular flexibility index (Phi) is 13.1. The first-order valence-electron chi connectivity index (χ1n) is 16.5. The number of hydrogen-bond donors (Lipinski definition) is 4. The van der Waals surface area contributed by atoms with Crippen molar-refractivity contribution in [1.82, 2.24) is 9.78 Å². The van der Waals surface area contributed by atoms with Crippen LogP contribution in [0.15, 0.2) is 63.7 Å². The van der Waals surface area contributed by atoms with Gasteiger partial charge in [-0.1, -0.05) is 50.0 Å². The maximum Gasteiger partial charge on any atom is 0.294 e. The predicted octanol–water partition coefficient (Wildman–Crippen LogP) is 7.63. The third-order valence-electron chi connectivity index (χ3n) is 7.99. The molecule has 4 N–H and O–H groups in total. The Morgan fingerprint density at radius 2 is 1.67 bits per heavy atom. The summed E-state index contributed by atoms with van der Waals surface area (Å²) in [5.41, 5.74) is 1.73. The zero-order chi connectivity index (χ0) is 41.0. The van der Waals surface area contributed by atoms with Gasteiger partial charge in [-0.2, -0.15) is 27.2 Å². The fourth-order valence-corrected chi connectivity index (χ4v) is 7.18. The van der Waals surface area contributed by atoms with Crippen molar-refractivity contribution >= 4 is 83.8 Å². The predicted molar refractivity (Wildman–Crippen MR) is 210 cm³/mol. The summed E-state index contributed by atoms with van der Waals surface area (Å²) in [7, 11) is -8.71. The number of carbonyl (C=O) groups excluding carboxylic acids is 2. The quantitative estimate of drug-likeness (QED) is 0.0754. The van der Waals surface area contributed by atoms with Crippen LogP contribution in [-0.2, 0) is 30.4 Å². The fourth-order valence-electron chi connectivity index (χ4n) is 5.51. The first-order valence-corrected chi connectivity index (χ1v) is 20.3. The second kappa shape index (κ2) is 16.9. The molecule has 1 heterocycles. The van der Waals surface area contributed by atoms with Gasteiger partial charge in [-0.15, -0.1) is 10.2 Å². The van der Waals surface area contributed by atoms with Gasteiger partial charge in [0.15, 0.2) is 5.82 Å². The van der Waals surface area contributed by atoms with Crippen LogP contribution in [0.5, 0.6) is 0 Å². The van der Waals surface area contributed by atoms with Gasteiger partial charge in [0.05, 0.1) is 32.1 Å². The van der Waals surface area contributed by atoms with Crippen LogP contribution in [0.2, 0.25) is 10.0 Å². The van der Waals surface area contributed by atoms with E-state index in [2.05, 4.69) is 32.0 Å². The Bertz CT molecular complexity index is 2430. The highest BCUT2D eigenvalue weighted by atomic mass is 35.5. The summed E-state index contributed by atoms with van der Waals surface area (Å²) in [6, 6.07) is 13.0. The summed E-state index contributed by atoms with van der Waals surface area (Å²) in [6.07, 6.45) is 0.156. The third-order valence-corrected chi connectivity index (χ3v) is 10.2. The molecule has 2 amide bonds. The van der Waals surface area contributed by atoms with Gasteiger partial charge < -0.3 is 15.5 Å². The number of aromatic nitrogens is 2. The van der Waals surface area contributed by atoms with Gasteiger partial charge in [0.1, 0.15) is 23.0 Å². The number of nitriles is 1. The molecule has 3 aromatic carbocycles. The third kappa shape index (κ3) is 10.7. The van der Waals surface area contributed by atoms with Gasteiger partial charge in [-0.25, -0.2) is 4.68 Å². The summed E-state index contributed by atoms with van der Waals surface area (Å²) < 4.78 is 65.6. The van der Waals surface area contributed by atoms with E-state index in [1.807, 2.05) is 32.6 Å². The molecule has 0 fully saturated rings. The summed E-state index contributed by atoms with van der Waals surface area (Å²) in [5.74, 6) is -1.60. The topological polar surface area (TPSA) is 237 Å². The summed E-state index contributed by atoms with van der Waals surface area (Å²) in [4.78, 5) is 26.7. The molecule has 1 aromatic heterocycles. The highest BCUT2D eigenvalue weighted by Gasteiger charge is 2.30. The van der Waals surface area contributed by atoms with Crippen LogP contribution in [-0.4, -0.2) is 66.4 Å². The number of carbonyl (C=O) groups is 2. The monoisotopic (exact) mass is 832 g/mol. The minimum atomic E-state index is -4.56. The molecule has 0 bridgehead atoms. The Labute approximate surface area is 328 Å². The first kappa shape index (κ1) is 42.8. The molecular formula is C35H38Cl2N8O8S2. The van der Waals surface area contributed by atoms with E-state index < -0.39 is 48.1 Å². The summed E-state index contributed by atoms with van der Waals surface area (Å²) >= 11 is 13.5. The van der Waals surface area contributed by atoms with Crippen LogP contribution < -0.4 is 15.5 Å². The lowest BCUT2D eigenvalue weighted by Crippen LogP contribution is -2.26. The molecule has 16 nitrogen and oxygen atoms in total. The molecule has 0 aliphatic rings. The molecule has 55 heavy (non-hydrogen) atoms. The zero-order valence-electron chi connectivity index (χ0n) is 30.5. The molecule has 0 atom stereocenters. The van der Waals surface area contributed by atoms with E-state index in [4.69, 9.17) is 23.2 Å². The number of hydrogen-bond acceptors (Lipinski definition) is 11. The van der Waals surface area contributed by atoms with E-state index in [-0.39, 0.29) is 56.2 Å². The van der Waals surface area contributed by atoms with Crippen molar-refractivity contribution in [3.63, 3.8) is 0 Å². The lowest BCUT2D eigenvalue weighted by Gasteiger charge is -2.26. The van der Waals surface area contributed by atoms with Gasteiger partial charge in [0, 0.05) is 42.4 Å². The van der Waals surface area contributed by atoms with Gasteiger partial charge in [-0.3, -0.25) is 18.7 Å². The Morgan fingerprint density at radius 1 is 1.02 bits per heavy atom. The van der Waals surface area contributed by atoms with Gasteiger partial charge in [-0.05, 0) is 68.3 Å². The standard InChI is InChI=1S/C35H38Cl2N8O8S2/c1-7-44(12-9-13-54(48,49)50)30-18-28(39-21(3)46)29(14-20(30)2)41-42-33-25(19-38)32(35(4,5)6)43-45(33)31-26(36)16-23(17-27(31)37)40-34(47)22-10-8-11-24(15-22)55(51,52)53/h8,10-11,14-18H,7,9,12-13H2,1-6H3,(H,39,46)(H,40,47)(H,48,49,50)(H,51,52,53)/b42-41+. The molecule has 4 aromatic rings. The maximum atomic E-state index is 13.0. The van der Waals surface area contributed by atoms with E-state index in [0.29, 0.717) is 30.0 Å². The first-order chi connectivity index (χ1) is 25.5. The number of anilines is 3. The number of nitrogens with zero attached hydrogens (tertiary/aromatic N) is 6. The normalized spacial score (nSPS) is 12.1. The van der Waals surface area contributed by atoms with Crippen molar-refractivity contribution < 1.29 is 35.5 Å². The van der Waals surface area contributed by atoms with Crippen molar-refractivity contribution in [2.45, 2.75) is 58.3 Å². The highest BCUT2D eigenvalue weighted by Crippen LogP contribution is 2.41. The van der Waals surface area contributed by atoms with Crippen LogP contribution in [0, 0.1) is 18.3 Å². The minimum absolute atomic E-state index is 0.0221.